The molecule has 2 rings (SSSR count). The monoisotopic (exact) mass is 220 g/mol. The first kappa shape index (κ1) is 10.9. The Morgan fingerprint density at radius 2 is 2.38 bits per heavy atom. The zero-order valence-corrected chi connectivity index (χ0v) is 9.60. The fourth-order valence-electron chi connectivity index (χ4n) is 1.44. The maximum Gasteiger partial charge on any atom is 0.243 e. The van der Waals surface area contributed by atoms with Crippen molar-refractivity contribution >= 4 is 11.6 Å². The van der Waals surface area contributed by atoms with Gasteiger partial charge in [-0.2, -0.15) is 4.98 Å². The summed E-state index contributed by atoms with van der Waals surface area (Å²) < 4.78 is 6.98. The van der Waals surface area contributed by atoms with Gasteiger partial charge in [0.2, 0.25) is 5.95 Å². The summed E-state index contributed by atoms with van der Waals surface area (Å²) in [6, 6.07) is 4.01. The molecule has 5 heteroatoms. The van der Waals surface area contributed by atoms with Crippen LogP contribution in [0.4, 0.5) is 5.95 Å². The third kappa shape index (κ3) is 2.49. The molecule has 0 aliphatic rings. The Balaban J connectivity index is 2.02. The highest BCUT2D eigenvalue weighted by Gasteiger charge is 2.01. The fourth-order valence-corrected chi connectivity index (χ4v) is 1.44. The van der Waals surface area contributed by atoms with Crippen molar-refractivity contribution < 1.29 is 4.74 Å². The Bertz CT molecular complexity index is 466. The van der Waals surface area contributed by atoms with E-state index in [9.17, 15) is 0 Å². The third-order valence-electron chi connectivity index (χ3n) is 2.23. The van der Waals surface area contributed by atoms with Crippen LogP contribution in [0.1, 0.15) is 12.5 Å². The lowest BCUT2D eigenvalue weighted by atomic mass is 10.3. The molecule has 0 aliphatic carbocycles. The first-order chi connectivity index (χ1) is 7.79. The number of anilines is 1. The van der Waals surface area contributed by atoms with Gasteiger partial charge in [-0.25, -0.2) is 4.52 Å². The molecule has 2 heterocycles. The molecule has 0 bridgehead atoms. The highest BCUT2D eigenvalue weighted by molar-refractivity contribution is 5.45. The lowest BCUT2D eigenvalue weighted by Gasteiger charge is -2.00. The van der Waals surface area contributed by atoms with Gasteiger partial charge in [-0.3, -0.25) is 0 Å². The zero-order valence-electron chi connectivity index (χ0n) is 9.60. The number of nitrogens with zero attached hydrogens (tertiary/aromatic N) is 3. The normalized spacial score (nSPS) is 10.9. The van der Waals surface area contributed by atoms with E-state index < -0.39 is 0 Å². The smallest absolute Gasteiger partial charge is 0.243 e. The average Bonchev–Trinajstić information content (AvgIpc) is 2.66. The van der Waals surface area contributed by atoms with Crippen molar-refractivity contribution in [2.45, 2.75) is 13.8 Å². The van der Waals surface area contributed by atoms with Gasteiger partial charge < -0.3 is 10.1 Å². The molecule has 2 aromatic heterocycles. The van der Waals surface area contributed by atoms with Crippen molar-refractivity contribution in [3.63, 3.8) is 0 Å². The van der Waals surface area contributed by atoms with Gasteiger partial charge in [0.25, 0.3) is 0 Å². The molecule has 0 amide bonds. The molecule has 0 unspecified atom stereocenters. The summed E-state index contributed by atoms with van der Waals surface area (Å²) in [5.41, 5.74) is 2.04. The minimum Gasteiger partial charge on any atom is -0.380 e. The molecule has 0 aliphatic heterocycles. The summed E-state index contributed by atoms with van der Waals surface area (Å²) in [5.74, 6) is 0.644. The second-order valence-electron chi connectivity index (χ2n) is 3.57. The molecular formula is C11H16N4O. The van der Waals surface area contributed by atoms with Crippen molar-refractivity contribution in [3.8, 4) is 0 Å². The first-order valence-electron chi connectivity index (χ1n) is 5.44. The van der Waals surface area contributed by atoms with Gasteiger partial charge in [-0.15, -0.1) is 5.10 Å². The molecule has 16 heavy (non-hydrogen) atoms. The number of hydrogen-bond acceptors (Lipinski definition) is 4. The summed E-state index contributed by atoms with van der Waals surface area (Å²) in [5, 5.41) is 7.41. The third-order valence-corrected chi connectivity index (χ3v) is 2.23. The molecule has 86 valence electrons. The van der Waals surface area contributed by atoms with Gasteiger partial charge in [0.1, 0.15) is 0 Å². The summed E-state index contributed by atoms with van der Waals surface area (Å²) in [6.07, 6.45) is 1.91. The van der Waals surface area contributed by atoms with Crippen LogP contribution in [0.25, 0.3) is 5.65 Å². The molecule has 0 fully saturated rings. The van der Waals surface area contributed by atoms with Gasteiger partial charge in [0.15, 0.2) is 5.65 Å². The van der Waals surface area contributed by atoms with E-state index in [4.69, 9.17) is 4.74 Å². The molecular weight excluding hydrogens is 204 g/mol. The van der Waals surface area contributed by atoms with Crippen LogP contribution in [0.2, 0.25) is 0 Å². The minimum absolute atomic E-state index is 0.644. The molecule has 2 aromatic rings. The number of ether oxygens (including phenoxy) is 1. The number of nitrogens with one attached hydrogen (secondary N) is 1. The lowest BCUT2D eigenvalue weighted by molar-refractivity contribution is 0.158. The van der Waals surface area contributed by atoms with Crippen LogP contribution in [0, 0.1) is 6.92 Å². The number of aryl methyl sites for hydroxylation is 1. The molecule has 0 radical (unpaired) electrons. The molecule has 1 N–H and O–H groups in total. The molecule has 5 nitrogen and oxygen atoms in total. The van der Waals surface area contributed by atoms with E-state index >= 15 is 0 Å². The van der Waals surface area contributed by atoms with Crippen LogP contribution < -0.4 is 5.32 Å². The Hall–Kier alpha value is -1.62. The van der Waals surface area contributed by atoms with E-state index in [2.05, 4.69) is 15.4 Å². The molecule has 0 spiro atoms. The zero-order chi connectivity index (χ0) is 11.4. The van der Waals surface area contributed by atoms with E-state index in [1.807, 2.05) is 32.2 Å². The van der Waals surface area contributed by atoms with Crippen LogP contribution in [-0.4, -0.2) is 34.4 Å². The average molecular weight is 220 g/mol. The molecule has 0 saturated heterocycles. The van der Waals surface area contributed by atoms with Crippen LogP contribution >= 0.6 is 0 Å². The van der Waals surface area contributed by atoms with Crippen molar-refractivity contribution in [3.05, 3.63) is 23.9 Å². The quantitative estimate of drug-likeness (QED) is 0.775. The van der Waals surface area contributed by atoms with Gasteiger partial charge in [-0.05, 0) is 31.5 Å². The minimum atomic E-state index is 0.644. The van der Waals surface area contributed by atoms with Gasteiger partial charge >= 0.3 is 0 Å². The van der Waals surface area contributed by atoms with E-state index in [-0.39, 0.29) is 0 Å². The second kappa shape index (κ2) is 4.94. The summed E-state index contributed by atoms with van der Waals surface area (Å²) >= 11 is 0. The standard InChI is InChI=1S/C11H16N4O/c1-3-16-7-5-12-11-13-10-8-9(2)4-6-15(10)14-11/h4,6,8H,3,5,7H2,1-2H3,(H,12,14). The summed E-state index contributed by atoms with van der Waals surface area (Å²) in [4.78, 5) is 4.36. The van der Waals surface area contributed by atoms with Gasteiger partial charge in [0.05, 0.1) is 6.61 Å². The molecule has 0 atom stereocenters. The Morgan fingerprint density at radius 3 is 3.19 bits per heavy atom. The predicted molar refractivity (Wildman–Crippen MR) is 62.7 cm³/mol. The van der Waals surface area contributed by atoms with E-state index in [0.717, 1.165) is 18.8 Å². The maximum absolute atomic E-state index is 5.22. The number of fused-ring (bicyclic) bond motifs is 1. The highest BCUT2D eigenvalue weighted by atomic mass is 16.5. The van der Waals surface area contributed by atoms with Crippen LogP contribution in [0.5, 0.6) is 0 Å². The number of hydrogen-bond donors (Lipinski definition) is 1. The van der Waals surface area contributed by atoms with Crippen molar-refractivity contribution in [2.75, 3.05) is 25.1 Å². The summed E-state index contributed by atoms with van der Waals surface area (Å²) in [7, 11) is 0. The molecule has 0 saturated carbocycles. The van der Waals surface area contributed by atoms with Crippen LogP contribution in [-0.2, 0) is 4.74 Å². The van der Waals surface area contributed by atoms with Crippen molar-refractivity contribution in [2.24, 2.45) is 0 Å². The van der Waals surface area contributed by atoms with Crippen molar-refractivity contribution in [1.82, 2.24) is 14.6 Å². The largest absolute Gasteiger partial charge is 0.380 e. The Kier molecular flexibility index (Phi) is 3.36. The highest BCUT2D eigenvalue weighted by Crippen LogP contribution is 2.06. The second-order valence-corrected chi connectivity index (χ2v) is 3.57. The maximum atomic E-state index is 5.22. The summed E-state index contributed by atoms with van der Waals surface area (Å²) in [6.45, 7) is 6.15. The number of rotatable bonds is 5. The van der Waals surface area contributed by atoms with Crippen molar-refractivity contribution in [1.29, 1.82) is 0 Å². The Morgan fingerprint density at radius 1 is 1.50 bits per heavy atom. The van der Waals surface area contributed by atoms with Crippen LogP contribution in [0.3, 0.4) is 0 Å². The lowest BCUT2D eigenvalue weighted by Crippen LogP contribution is -2.10. The van der Waals surface area contributed by atoms with Gasteiger partial charge in [-0.1, -0.05) is 0 Å². The number of aromatic nitrogens is 3. The Labute approximate surface area is 94.4 Å². The SMILES string of the molecule is CCOCCNc1nc2cc(C)ccn2n1. The first-order valence-corrected chi connectivity index (χ1v) is 5.44. The predicted octanol–water partition coefficient (Wildman–Crippen LogP) is 1.49. The van der Waals surface area contributed by atoms with Crippen LogP contribution in [0.15, 0.2) is 18.3 Å². The van der Waals surface area contributed by atoms with Gasteiger partial charge in [0, 0.05) is 19.3 Å². The number of pyridine rings is 1. The fraction of sp³-hybridized carbons (Fsp3) is 0.455. The van der Waals surface area contributed by atoms with E-state index in [1.165, 1.54) is 5.56 Å². The topological polar surface area (TPSA) is 51.5 Å². The van der Waals surface area contributed by atoms with E-state index in [1.54, 1.807) is 4.52 Å². The van der Waals surface area contributed by atoms with E-state index in [0.29, 0.717) is 12.6 Å². The molecule has 0 aromatic carbocycles.